The number of aromatic nitrogens is 2. The molecule has 112 valence electrons. The number of aromatic amines is 2. The van der Waals surface area contributed by atoms with Gasteiger partial charge in [0.15, 0.2) is 6.10 Å². The molecule has 0 radical (unpaired) electrons. The normalized spacial score (nSPS) is 12.0. The van der Waals surface area contributed by atoms with E-state index in [0.29, 0.717) is 18.1 Å². The van der Waals surface area contributed by atoms with Crippen LogP contribution < -0.4 is 15.0 Å². The maximum atomic E-state index is 12.3. The number of hydrogen-bond donors (Lipinski definition) is 2. The van der Waals surface area contributed by atoms with Crippen molar-refractivity contribution in [3.63, 3.8) is 0 Å². The molecule has 0 spiro atoms. The number of anilines is 1. The average Bonchev–Trinajstić information content (AvgIpc) is 2.95. The monoisotopic (exact) mass is 296 g/mol. The van der Waals surface area contributed by atoms with Crippen LogP contribution in [0.25, 0.3) is 11.0 Å². The Balaban J connectivity index is 1.71. The molecule has 5 heteroatoms. The molecule has 1 aromatic heterocycles. The number of nitrogens with one attached hydrogen (secondary N) is 3. The molecule has 0 aliphatic carbocycles. The fraction of sp³-hybridized carbons (Fsp3) is 0.176. The van der Waals surface area contributed by atoms with E-state index in [9.17, 15) is 4.79 Å². The molecule has 2 aromatic carbocycles. The van der Waals surface area contributed by atoms with Crippen LogP contribution in [0.4, 0.5) is 5.95 Å². The third kappa shape index (κ3) is 3.09. The highest BCUT2D eigenvalue weighted by Gasteiger charge is 2.23. The van der Waals surface area contributed by atoms with E-state index >= 15 is 0 Å². The van der Waals surface area contributed by atoms with E-state index < -0.39 is 6.10 Å². The van der Waals surface area contributed by atoms with Gasteiger partial charge < -0.3 is 4.74 Å². The van der Waals surface area contributed by atoms with E-state index in [1.54, 1.807) is 0 Å². The van der Waals surface area contributed by atoms with E-state index in [2.05, 4.69) is 15.3 Å². The number of rotatable bonds is 5. The molecule has 1 amide bonds. The lowest BCUT2D eigenvalue weighted by atomic mass is 10.2. The van der Waals surface area contributed by atoms with Crippen molar-refractivity contribution in [3.05, 3.63) is 54.6 Å². The van der Waals surface area contributed by atoms with E-state index in [1.165, 1.54) is 0 Å². The van der Waals surface area contributed by atoms with Crippen molar-refractivity contribution in [1.82, 2.24) is 4.98 Å². The Morgan fingerprint density at radius 1 is 1.18 bits per heavy atom. The van der Waals surface area contributed by atoms with Gasteiger partial charge in [-0.3, -0.25) is 4.79 Å². The number of carbonyl (C=O) groups excluding carboxylic acids is 1. The van der Waals surface area contributed by atoms with Crippen molar-refractivity contribution in [2.45, 2.75) is 19.4 Å². The van der Waals surface area contributed by atoms with Gasteiger partial charge in [-0.2, -0.15) is 0 Å². The number of amides is 1. The van der Waals surface area contributed by atoms with Crippen LogP contribution in [0.3, 0.4) is 0 Å². The predicted molar refractivity (Wildman–Crippen MR) is 84.6 cm³/mol. The number of carbonyl (C=O) groups is 1. The van der Waals surface area contributed by atoms with Crippen LogP contribution in [0.5, 0.6) is 5.75 Å². The Kier molecular flexibility index (Phi) is 4.05. The van der Waals surface area contributed by atoms with E-state index in [1.807, 2.05) is 61.5 Å². The summed E-state index contributed by atoms with van der Waals surface area (Å²) in [6.07, 6.45) is 0.0447. The molecular weight excluding hydrogens is 278 g/mol. The van der Waals surface area contributed by atoms with Crippen LogP contribution in [0.15, 0.2) is 54.6 Å². The number of H-pyrrole nitrogens is 2. The maximum Gasteiger partial charge on any atom is 0.360 e. The second-order valence-electron chi connectivity index (χ2n) is 4.99. The Labute approximate surface area is 128 Å². The summed E-state index contributed by atoms with van der Waals surface area (Å²) >= 11 is 0. The van der Waals surface area contributed by atoms with E-state index in [4.69, 9.17) is 4.74 Å². The largest absolute Gasteiger partial charge is 0.479 e. The van der Waals surface area contributed by atoms with Crippen LogP contribution >= 0.6 is 0 Å². The summed E-state index contributed by atoms with van der Waals surface area (Å²) < 4.78 is 5.73. The van der Waals surface area contributed by atoms with Crippen molar-refractivity contribution in [3.8, 4) is 5.75 Å². The zero-order chi connectivity index (χ0) is 15.4. The Morgan fingerprint density at radius 2 is 1.91 bits per heavy atom. The van der Waals surface area contributed by atoms with Gasteiger partial charge in [0.25, 0.3) is 0 Å². The molecule has 0 bridgehead atoms. The predicted octanol–water partition coefficient (Wildman–Crippen LogP) is 2.78. The molecule has 22 heavy (non-hydrogen) atoms. The molecule has 0 aliphatic rings. The molecule has 1 heterocycles. The van der Waals surface area contributed by atoms with Gasteiger partial charge >= 0.3 is 11.9 Å². The number of imidazole rings is 1. The van der Waals surface area contributed by atoms with Crippen LogP contribution in [0.2, 0.25) is 0 Å². The molecule has 0 aliphatic heterocycles. The first-order valence-electron chi connectivity index (χ1n) is 7.29. The first kappa shape index (κ1) is 14.1. The quantitative estimate of drug-likeness (QED) is 0.760. The SMILES string of the molecule is CCC(Oc1ccccc1)C(=O)Nc1[nH]c2ccccc2[nH+]1. The zero-order valence-electron chi connectivity index (χ0n) is 12.3. The van der Waals surface area contributed by atoms with Gasteiger partial charge in [-0.25, -0.2) is 15.3 Å². The Morgan fingerprint density at radius 3 is 2.64 bits per heavy atom. The van der Waals surface area contributed by atoms with E-state index in [0.717, 1.165) is 11.0 Å². The van der Waals surface area contributed by atoms with Crippen molar-refractivity contribution < 1.29 is 14.5 Å². The topological polar surface area (TPSA) is 68.3 Å². The summed E-state index contributed by atoms with van der Waals surface area (Å²) in [4.78, 5) is 18.6. The van der Waals surface area contributed by atoms with Gasteiger partial charge in [0, 0.05) is 0 Å². The van der Waals surface area contributed by atoms with Crippen molar-refractivity contribution >= 4 is 22.9 Å². The maximum absolute atomic E-state index is 12.3. The van der Waals surface area contributed by atoms with Crippen molar-refractivity contribution in [1.29, 1.82) is 0 Å². The number of hydrogen-bond acceptors (Lipinski definition) is 2. The van der Waals surface area contributed by atoms with Gasteiger partial charge in [-0.1, -0.05) is 37.3 Å². The second kappa shape index (κ2) is 6.30. The number of benzene rings is 2. The minimum atomic E-state index is -0.540. The lowest BCUT2D eigenvalue weighted by Gasteiger charge is -2.14. The first-order chi connectivity index (χ1) is 10.8. The van der Waals surface area contributed by atoms with E-state index in [-0.39, 0.29) is 5.91 Å². The fourth-order valence-corrected chi connectivity index (χ4v) is 2.25. The summed E-state index contributed by atoms with van der Waals surface area (Å²) in [7, 11) is 0. The standard InChI is InChI=1S/C17H17N3O2/c1-2-15(22-12-8-4-3-5-9-12)16(21)20-17-18-13-10-6-7-11-14(13)19-17/h3-11,15H,2H2,1H3,(H2,18,19,20,21)/p+1. The molecular formula is C17H18N3O2+. The number of fused-ring (bicyclic) bond motifs is 1. The van der Waals surface area contributed by atoms with Gasteiger partial charge in [-0.05, 0) is 30.7 Å². The number of para-hydroxylation sites is 3. The molecule has 3 N–H and O–H groups in total. The van der Waals surface area contributed by atoms with Crippen molar-refractivity contribution in [2.24, 2.45) is 0 Å². The fourth-order valence-electron chi connectivity index (χ4n) is 2.25. The van der Waals surface area contributed by atoms with Crippen LogP contribution in [0.1, 0.15) is 13.3 Å². The van der Waals surface area contributed by atoms with Crippen LogP contribution in [0, 0.1) is 0 Å². The zero-order valence-corrected chi connectivity index (χ0v) is 12.3. The molecule has 3 aromatic rings. The summed E-state index contributed by atoms with van der Waals surface area (Å²) in [5.41, 5.74) is 1.88. The summed E-state index contributed by atoms with van der Waals surface area (Å²) in [5, 5.41) is 2.83. The van der Waals surface area contributed by atoms with Gasteiger partial charge in [0.1, 0.15) is 16.8 Å². The molecule has 0 saturated carbocycles. The molecule has 5 nitrogen and oxygen atoms in total. The van der Waals surface area contributed by atoms with Crippen LogP contribution in [-0.2, 0) is 4.79 Å². The minimum absolute atomic E-state index is 0.186. The van der Waals surface area contributed by atoms with Crippen molar-refractivity contribution in [2.75, 3.05) is 5.32 Å². The van der Waals surface area contributed by atoms with Gasteiger partial charge in [0.2, 0.25) is 0 Å². The molecule has 0 fully saturated rings. The summed E-state index contributed by atoms with van der Waals surface area (Å²) in [6, 6.07) is 17.1. The Hall–Kier alpha value is -2.82. The first-order valence-corrected chi connectivity index (χ1v) is 7.29. The third-order valence-corrected chi connectivity index (χ3v) is 3.38. The van der Waals surface area contributed by atoms with Crippen LogP contribution in [-0.4, -0.2) is 17.0 Å². The molecule has 1 unspecified atom stereocenters. The highest BCUT2D eigenvalue weighted by atomic mass is 16.5. The Bertz CT molecular complexity index is 735. The van der Waals surface area contributed by atoms with Gasteiger partial charge in [-0.15, -0.1) is 0 Å². The van der Waals surface area contributed by atoms with Gasteiger partial charge in [0.05, 0.1) is 0 Å². The third-order valence-electron chi connectivity index (χ3n) is 3.38. The average molecular weight is 296 g/mol. The minimum Gasteiger partial charge on any atom is -0.479 e. The molecule has 1 atom stereocenters. The number of ether oxygens (including phenoxy) is 1. The molecule has 0 saturated heterocycles. The molecule has 3 rings (SSSR count). The smallest absolute Gasteiger partial charge is 0.360 e. The lowest BCUT2D eigenvalue weighted by molar-refractivity contribution is -0.326. The highest BCUT2D eigenvalue weighted by Crippen LogP contribution is 2.14. The highest BCUT2D eigenvalue weighted by molar-refractivity contribution is 5.93. The summed E-state index contributed by atoms with van der Waals surface area (Å²) in [6.45, 7) is 1.92. The second-order valence-corrected chi connectivity index (χ2v) is 4.99. The summed E-state index contributed by atoms with van der Waals surface area (Å²) in [5.74, 6) is 1.06. The lowest BCUT2D eigenvalue weighted by Crippen LogP contribution is -2.34.